The van der Waals surface area contributed by atoms with Crippen molar-refractivity contribution < 1.29 is 14.6 Å². The van der Waals surface area contributed by atoms with Crippen molar-refractivity contribution in [2.45, 2.75) is 59.2 Å². The summed E-state index contributed by atoms with van der Waals surface area (Å²) in [6.07, 6.45) is 1.50. The number of ether oxygens (including phenoxy) is 1. The molecule has 0 amide bonds. The van der Waals surface area contributed by atoms with Crippen molar-refractivity contribution in [2.24, 2.45) is 5.41 Å². The molecule has 1 N–H and O–H groups in total. The van der Waals surface area contributed by atoms with E-state index in [2.05, 4.69) is 18.7 Å². The van der Waals surface area contributed by atoms with Gasteiger partial charge in [-0.1, -0.05) is 13.8 Å². The van der Waals surface area contributed by atoms with Gasteiger partial charge in [0.05, 0.1) is 17.1 Å². The van der Waals surface area contributed by atoms with Crippen molar-refractivity contribution >= 4 is 5.97 Å². The van der Waals surface area contributed by atoms with Crippen LogP contribution in [0.5, 0.6) is 0 Å². The molecule has 1 rings (SSSR count). The second-order valence-electron chi connectivity index (χ2n) is 6.15. The first-order valence-corrected chi connectivity index (χ1v) is 6.88. The molecule has 0 bridgehead atoms. The van der Waals surface area contributed by atoms with E-state index >= 15 is 0 Å². The minimum absolute atomic E-state index is 0.161. The molecule has 4 heteroatoms. The third kappa shape index (κ3) is 3.45. The zero-order chi connectivity index (χ0) is 14.0. The summed E-state index contributed by atoms with van der Waals surface area (Å²) in [4.78, 5) is 13.8. The molecule has 4 nitrogen and oxygen atoms in total. The third-order valence-corrected chi connectivity index (χ3v) is 3.97. The number of carboxylic acid groups (broad SMARTS) is 1. The second kappa shape index (κ2) is 5.57. The Hall–Kier alpha value is -0.610. The Bertz CT molecular complexity index is 297. The lowest BCUT2D eigenvalue weighted by molar-refractivity contribution is -0.159. The smallest absolute Gasteiger partial charge is 0.310 e. The molecule has 0 aliphatic carbocycles. The van der Waals surface area contributed by atoms with Crippen LogP contribution in [0, 0.1) is 5.41 Å². The molecule has 1 atom stereocenters. The van der Waals surface area contributed by atoms with Crippen LogP contribution in [0.3, 0.4) is 0 Å². The van der Waals surface area contributed by atoms with Crippen LogP contribution in [0.15, 0.2) is 0 Å². The Balaban J connectivity index is 2.78. The third-order valence-electron chi connectivity index (χ3n) is 3.97. The first-order valence-electron chi connectivity index (χ1n) is 6.88. The van der Waals surface area contributed by atoms with Gasteiger partial charge in [-0.3, -0.25) is 9.69 Å². The maximum absolute atomic E-state index is 11.5. The average molecular weight is 257 g/mol. The molecule has 1 saturated heterocycles. The molecule has 0 spiro atoms. The van der Waals surface area contributed by atoms with E-state index in [0.717, 1.165) is 13.1 Å². The summed E-state index contributed by atoms with van der Waals surface area (Å²) in [6, 6.07) is 0. The highest BCUT2D eigenvalue weighted by atomic mass is 16.5. The lowest BCUT2D eigenvalue weighted by Gasteiger charge is -2.44. The van der Waals surface area contributed by atoms with Gasteiger partial charge < -0.3 is 9.84 Å². The molecule has 1 aliphatic heterocycles. The fourth-order valence-corrected chi connectivity index (χ4v) is 2.98. The fraction of sp³-hybridized carbons (Fsp3) is 0.929. The standard InChI is InChI=1S/C14H27NO3/c1-6-14(7-2,12(16)17)10-15-8-11(3)18-13(4,5)9-15/h11H,6-10H2,1-5H3,(H,16,17). The Morgan fingerprint density at radius 3 is 2.39 bits per heavy atom. The van der Waals surface area contributed by atoms with Gasteiger partial charge in [0.15, 0.2) is 0 Å². The van der Waals surface area contributed by atoms with E-state index in [9.17, 15) is 9.90 Å². The number of nitrogens with zero attached hydrogens (tertiary/aromatic N) is 1. The summed E-state index contributed by atoms with van der Waals surface area (Å²) in [6.45, 7) is 12.3. The Kier molecular flexibility index (Phi) is 4.78. The molecule has 0 aromatic carbocycles. The number of aliphatic carboxylic acids is 1. The summed E-state index contributed by atoms with van der Waals surface area (Å²) in [5.74, 6) is -0.676. The van der Waals surface area contributed by atoms with Crippen LogP contribution >= 0.6 is 0 Å². The van der Waals surface area contributed by atoms with Crippen LogP contribution in [-0.2, 0) is 9.53 Å². The molecule has 0 saturated carbocycles. The summed E-state index contributed by atoms with van der Waals surface area (Å²) in [7, 11) is 0. The van der Waals surface area contributed by atoms with Gasteiger partial charge in [0.1, 0.15) is 0 Å². The molecular weight excluding hydrogens is 230 g/mol. The summed E-state index contributed by atoms with van der Waals surface area (Å²) >= 11 is 0. The van der Waals surface area contributed by atoms with Crippen molar-refractivity contribution in [3.63, 3.8) is 0 Å². The van der Waals surface area contributed by atoms with E-state index in [1.54, 1.807) is 0 Å². The first kappa shape index (κ1) is 15.4. The van der Waals surface area contributed by atoms with Gasteiger partial charge in [0, 0.05) is 19.6 Å². The monoisotopic (exact) mass is 257 g/mol. The highest BCUT2D eigenvalue weighted by molar-refractivity contribution is 5.74. The molecule has 1 aliphatic rings. The van der Waals surface area contributed by atoms with Gasteiger partial charge in [0.2, 0.25) is 0 Å². The van der Waals surface area contributed by atoms with E-state index in [-0.39, 0.29) is 11.7 Å². The van der Waals surface area contributed by atoms with Crippen molar-refractivity contribution in [2.75, 3.05) is 19.6 Å². The maximum Gasteiger partial charge on any atom is 0.310 e. The minimum atomic E-state index is -0.676. The van der Waals surface area contributed by atoms with Crippen LogP contribution in [0.4, 0.5) is 0 Å². The zero-order valence-corrected chi connectivity index (χ0v) is 12.3. The quantitative estimate of drug-likeness (QED) is 0.821. The Labute approximate surface area is 110 Å². The van der Waals surface area contributed by atoms with E-state index in [1.807, 2.05) is 20.8 Å². The van der Waals surface area contributed by atoms with Gasteiger partial charge in [0.25, 0.3) is 0 Å². The average Bonchev–Trinajstić information content (AvgIpc) is 2.22. The summed E-state index contributed by atoms with van der Waals surface area (Å²) < 4.78 is 5.86. The minimum Gasteiger partial charge on any atom is -0.481 e. The number of morpholine rings is 1. The number of hydrogen-bond acceptors (Lipinski definition) is 3. The molecule has 1 fully saturated rings. The molecule has 0 aromatic rings. The number of hydrogen-bond donors (Lipinski definition) is 1. The lowest BCUT2D eigenvalue weighted by Crippen LogP contribution is -2.55. The summed E-state index contributed by atoms with van der Waals surface area (Å²) in [5.41, 5.74) is -0.809. The predicted molar refractivity (Wildman–Crippen MR) is 71.7 cm³/mol. The van der Waals surface area contributed by atoms with Crippen LogP contribution < -0.4 is 0 Å². The molecule has 0 radical (unpaired) electrons. The molecule has 18 heavy (non-hydrogen) atoms. The topological polar surface area (TPSA) is 49.8 Å². The number of carboxylic acids is 1. The molecule has 1 heterocycles. The molecular formula is C14H27NO3. The highest BCUT2D eigenvalue weighted by Gasteiger charge is 2.40. The highest BCUT2D eigenvalue weighted by Crippen LogP contribution is 2.31. The number of carbonyl (C=O) groups is 1. The Morgan fingerprint density at radius 2 is 2.00 bits per heavy atom. The zero-order valence-electron chi connectivity index (χ0n) is 12.3. The second-order valence-corrected chi connectivity index (χ2v) is 6.15. The Morgan fingerprint density at radius 1 is 1.44 bits per heavy atom. The number of rotatable bonds is 5. The van der Waals surface area contributed by atoms with Crippen molar-refractivity contribution in [3.8, 4) is 0 Å². The van der Waals surface area contributed by atoms with E-state index in [1.165, 1.54) is 0 Å². The normalized spacial score (nSPS) is 25.1. The summed E-state index contributed by atoms with van der Waals surface area (Å²) in [5, 5.41) is 9.49. The van der Waals surface area contributed by atoms with Gasteiger partial charge in [-0.25, -0.2) is 0 Å². The van der Waals surface area contributed by atoms with E-state index in [0.29, 0.717) is 19.4 Å². The largest absolute Gasteiger partial charge is 0.481 e. The van der Waals surface area contributed by atoms with Gasteiger partial charge in [-0.05, 0) is 33.6 Å². The molecule has 106 valence electrons. The van der Waals surface area contributed by atoms with Gasteiger partial charge in [-0.15, -0.1) is 0 Å². The van der Waals surface area contributed by atoms with Crippen LogP contribution in [0.1, 0.15) is 47.5 Å². The van der Waals surface area contributed by atoms with Gasteiger partial charge >= 0.3 is 5.97 Å². The molecule has 0 aromatic heterocycles. The SMILES string of the molecule is CCC(CC)(CN1CC(C)OC(C)(C)C1)C(=O)O. The first-order chi connectivity index (χ1) is 8.24. The van der Waals surface area contributed by atoms with Crippen LogP contribution in [-0.4, -0.2) is 47.3 Å². The maximum atomic E-state index is 11.5. The lowest BCUT2D eigenvalue weighted by atomic mass is 9.81. The van der Waals surface area contributed by atoms with Crippen molar-refractivity contribution in [1.82, 2.24) is 4.90 Å². The van der Waals surface area contributed by atoms with Crippen LogP contribution in [0.25, 0.3) is 0 Å². The van der Waals surface area contributed by atoms with Crippen molar-refractivity contribution in [3.05, 3.63) is 0 Å². The fourth-order valence-electron chi connectivity index (χ4n) is 2.98. The van der Waals surface area contributed by atoms with Crippen LogP contribution in [0.2, 0.25) is 0 Å². The van der Waals surface area contributed by atoms with E-state index < -0.39 is 11.4 Å². The van der Waals surface area contributed by atoms with Gasteiger partial charge in [-0.2, -0.15) is 0 Å². The predicted octanol–water partition coefficient (Wildman–Crippen LogP) is 2.38. The van der Waals surface area contributed by atoms with Crippen molar-refractivity contribution in [1.29, 1.82) is 0 Å². The van der Waals surface area contributed by atoms with E-state index in [4.69, 9.17) is 4.74 Å². The molecule has 1 unspecified atom stereocenters.